The molecule has 2 aromatic heterocycles. The van der Waals surface area contributed by atoms with Gasteiger partial charge < -0.3 is 20.2 Å². The highest BCUT2D eigenvalue weighted by Crippen LogP contribution is 2.45. The highest BCUT2D eigenvalue weighted by atomic mass is 35.5. The average molecular weight is 575 g/mol. The first kappa shape index (κ1) is 26.1. The quantitative estimate of drug-likeness (QED) is 0.330. The van der Waals surface area contributed by atoms with Crippen molar-refractivity contribution < 1.29 is 9.90 Å². The summed E-state index contributed by atoms with van der Waals surface area (Å²) in [6, 6.07) is 8.01. The van der Waals surface area contributed by atoms with E-state index in [2.05, 4.69) is 33.5 Å². The highest BCUT2D eigenvalue weighted by molar-refractivity contribution is 7.17. The Hall–Kier alpha value is -2.13. The predicted molar refractivity (Wildman–Crippen MR) is 155 cm³/mol. The molecule has 1 saturated carbocycles. The van der Waals surface area contributed by atoms with E-state index in [1.807, 2.05) is 19.1 Å². The Morgan fingerprint density at radius 1 is 1.18 bits per heavy atom. The number of halogens is 2. The summed E-state index contributed by atoms with van der Waals surface area (Å²) in [5, 5.41) is 16.4. The van der Waals surface area contributed by atoms with Crippen molar-refractivity contribution in [1.82, 2.24) is 14.9 Å². The fourth-order valence-electron chi connectivity index (χ4n) is 6.37. The van der Waals surface area contributed by atoms with Crippen LogP contribution in [0.1, 0.15) is 51.1 Å². The Morgan fingerprint density at radius 2 is 1.97 bits per heavy atom. The zero-order chi connectivity index (χ0) is 26.6. The maximum atomic E-state index is 11.5. The van der Waals surface area contributed by atoms with Crippen molar-refractivity contribution in [3.63, 3.8) is 0 Å². The highest BCUT2D eigenvalue weighted by Gasteiger charge is 2.49. The third-order valence-corrected chi connectivity index (χ3v) is 10.3. The molecule has 0 bridgehead atoms. The van der Waals surface area contributed by atoms with E-state index in [4.69, 9.17) is 33.2 Å². The average Bonchev–Trinajstić information content (AvgIpc) is 3.30. The first-order valence-corrected chi connectivity index (χ1v) is 15.0. The van der Waals surface area contributed by atoms with Crippen molar-refractivity contribution >= 4 is 62.5 Å². The van der Waals surface area contributed by atoms with E-state index >= 15 is 0 Å². The summed E-state index contributed by atoms with van der Waals surface area (Å²) in [5.74, 6) is 2.21. The standard InChI is InChI=1S/C28H33Cl2N5O2S/c1-16(21-6-5-19(29)10-22(21)30)31-25-24-23(7-9-38-24)32-27(33-25)35-14-18(15-35)17-4-3-8-34(13-17)20-11-28(2,12-20)26(36)37/h5-7,9-10,16-18,20H,3-4,8,11-15H2,1-2H3,(H,36,37)(H,31,32,33)/t16-,17+,20-,28-/m1/s1. The summed E-state index contributed by atoms with van der Waals surface area (Å²) in [5.41, 5.74) is 1.39. The van der Waals surface area contributed by atoms with E-state index in [0.717, 1.165) is 66.6 Å². The van der Waals surface area contributed by atoms with Crippen LogP contribution in [0.4, 0.5) is 11.8 Å². The molecule has 2 atom stereocenters. The number of carboxylic acid groups (broad SMARTS) is 1. The normalized spacial score (nSPS) is 27.1. The predicted octanol–water partition coefficient (Wildman–Crippen LogP) is 6.57. The van der Waals surface area contributed by atoms with E-state index in [1.54, 1.807) is 17.4 Å². The van der Waals surface area contributed by atoms with Gasteiger partial charge in [0.25, 0.3) is 0 Å². The Morgan fingerprint density at radius 3 is 2.71 bits per heavy atom. The number of piperidine rings is 1. The molecule has 0 amide bonds. The van der Waals surface area contributed by atoms with Gasteiger partial charge in [0.1, 0.15) is 5.82 Å². The number of benzene rings is 1. The molecule has 0 spiro atoms. The number of carboxylic acids is 1. The number of aliphatic carboxylic acids is 1. The molecule has 2 saturated heterocycles. The van der Waals surface area contributed by atoms with Crippen molar-refractivity contribution in [3.8, 4) is 0 Å². The molecule has 6 rings (SSSR count). The minimum atomic E-state index is -0.654. The molecule has 2 N–H and O–H groups in total. The van der Waals surface area contributed by atoms with Crippen LogP contribution in [-0.2, 0) is 4.79 Å². The number of anilines is 2. The number of nitrogens with one attached hydrogen (secondary N) is 1. The lowest BCUT2D eigenvalue weighted by Gasteiger charge is -2.52. The van der Waals surface area contributed by atoms with Crippen LogP contribution < -0.4 is 10.2 Å². The zero-order valence-corrected chi connectivity index (χ0v) is 24.0. The summed E-state index contributed by atoms with van der Waals surface area (Å²) >= 11 is 14.2. The molecule has 38 heavy (non-hydrogen) atoms. The van der Waals surface area contributed by atoms with Gasteiger partial charge in [-0.15, -0.1) is 11.3 Å². The Bertz CT molecular complexity index is 1350. The summed E-state index contributed by atoms with van der Waals surface area (Å²) in [6.07, 6.45) is 3.98. The molecule has 202 valence electrons. The summed E-state index contributed by atoms with van der Waals surface area (Å²) < 4.78 is 1.04. The number of fused-ring (bicyclic) bond motifs is 1. The maximum absolute atomic E-state index is 11.5. The lowest BCUT2D eigenvalue weighted by molar-refractivity contribution is -0.158. The molecule has 3 aromatic rings. The number of carbonyl (C=O) groups is 1. The van der Waals surface area contributed by atoms with Crippen LogP contribution in [0.15, 0.2) is 29.6 Å². The van der Waals surface area contributed by atoms with E-state index in [-0.39, 0.29) is 6.04 Å². The van der Waals surface area contributed by atoms with E-state index in [0.29, 0.717) is 27.9 Å². The molecule has 10 heteroatoms. The molecular formula is C28H33Cl2N5O2S. The van der Waals surface area contributed by atoms with Crippen molar-refractivity contribution in [3.05, 3.63) is 45.3 Å². The fraction of sp³-hybridized carbons (Fsp3) is 0.536. The molecule has 2 aliphatic heterocycles. The molecule has 1 aliphatic carbocycles. The smallest absolute Gasteiger partial charge is 0.309 e. The van der Waals surface area contributed by atoms with Crippen LogP contribution in [0.2, 0.25) is 10.0 Å². The van der Waals surface area contributed by atoms with Crippen molar-refractivity contribution in [2.45, 2.75) is 51.6 Å². The SMILES string of the molecule is C[C@@H](Nc1nc(N2CC([C@H]3CCCN([C@H]4C[C@](C)(C(=O)O)C4)C3)C2)nc2ccsc12)c1ccc(Cl)cc1Cl. The lowest BCUT2D eigenvalue weighted by Crippen LogP contribution is -2.58. The topological polar surface area (TPSA) is 81.6 Å². The van der Waals surface area contributed by atoms with Crippen LogP contribution in [0, 0.1) is 17.3 Å². The van der Waals surface area contributed by atoms with E-state index in [1.165, 1.54) is 12.8 Å². The molecule has 4 heterocycles. The van der Waals surface area contributed by atoms with Gasteiger partial charge in [-0.3, -0.25) is 4.79 Å². The Kier molecular flexibility index (Phi) is 6.95. The van der Waals surface area contributed by atoms with Crippen molar-refractivity contribution in [1.29, 1.82) is 0 Å². The number of likely N-dealkylation sites (tertiary alicyclic amines) is 1. The first-order valence-electron chi connectivity index (χ1n) is 13.4. The summed E-state index contributed by atoms with van der Waals surface area (Å²) in [7, 11) is 0. The molecule has 0 unspecified atom stereocenters. The van der Waals surface area contributed by atoms with Gasteiger partial charge in [-0.25, -0.2) is 4.98 Å². The minimum Gasteiger partial charge on any atom is -0.481 e. The second kappa shape index (κ2) is 10.1. The Labute approximate surface area is 237 Å². The number of rotatable bonds is 7. The maximum Gasteiger partial charge on any atom is 0.309 e. The molecule has 3 aliphatic rings. The van der Waals surface area contributed by atoms with E-state index < -0.39 is 11.4 Å². The lowest BCUT2D eigenvalue weighted by atomic mass is 9.65. The number of aromatic nitrogens is 2. The third-order valence-electron chi connectivity index (χ3n) is 8.83. The zero-order valence-electron chi connectivity index (χ0n) is 21.7. The monoisotopic (exact) mass is 573 g/mol. The number of hydrogen-bond acceptors (Lipinski definition) is 7. The van der Waals surface area contributed by atoms with Crippen LogP contribution >= 0.6 is 34.5 Å². The minimum absolute atomic E-state index is 0.0420. The van der Waals surface area contributed by atoms with Gasteiger partial charge in [-0.05, 0) is 87.1 Å². The summed E-state index contributed by atoms with van der Waals surface area (Å²) in [6.45, 7) is 8.06. The van der Waals surface area contributed by atoms with Gasteiger partial charge in [0.05, 0.1) is 21.7 Å². The molecule has 1 aromatic carbocycles. The van der Waals surface area contributed by atoms with Crippen LogP contribution in [0.5, 0.6) is 0 Å². The van der Waals surface area contributed by atoms with Crippen LogP contribution in [-0.4, -0.2) is 58.2 Å². The van der Waals surface area contributed by atoms with Crippen molar-refractivity contribution in [2.75, 3.05) is 36.4 Å². The second-order valence-corrected chi connectivity index (χ2v) is 13.3. The third kappa shape index (κ3) is 4.85. The van der Waals surface area contributed by atoms with Gasteiger partial charge in [0, 0.05) is 35.7 Å². The van der Waals surface area contributed by atoms with Gasteiger partial charge in [0.15, 0.2) is 0 Å². The summed E-state index contributed by atoms with van der Waals surface area (Å²) in [4.78, 5) is 26.2. The molecule has 3 fully saturated rings. The molecule has 0 radical (unpaired) electrons. The largest absolute Gasteiger partial charge is 0.481 e. The van der Waals surface area contributed by atoms with E-state index in [9.17, 15) is 9.90 Å². The van der Waals surface area contributed by atoms with Gasteiger partial charge >= 0.3 is 5.97 Å². The van der Waals surface area contributed by atoms with Gasteiger partial charge in [-0.2, -0.15) is 4.98 Å². The number of thiophene rings is 1. The first-order chi connectivity index (χ1) is 18.2. The fourth-order valence-corrected chi connectivity index (χ4v) is 7.73. The van der Waals surface area contributed by atoms with Crippen LogP contribution in [0.3, 0.4) is 0 Å². The number of nitrogens with zero attached hydrogens (tertiary/aromatic N) is 4. The van der Waals surface area contributed by atoms with Crippen LogP contribution in [0.25, 0.3) is 10.2 Å². The van der Waals surface area contributed by atoms with Gasteiger partial charge in [-0.1, -0.05) is 29.3 Å². The Balaban J connectivity index is 1.11. The van der Waals surface area contributed by atoms with Gasteiger partial charge in [0.2, 0.25) is 5.95 Å². The van der Waals surface area contributed by atoms with Crippen molar-refractivity contribution in [2.24, 2.45) is 17.3 Å². The number of hydrogen-bond donors (Lipinski definition) is 2. The molecular weight excluding hydrogens is 541 g/mol. The molecule has 7 nitrogen and oxygen atoms in total. The second-order valence-electron chi connectivity index (χ2n) is 11.5.